The van der Waals surface area contributed by atoms with Gasteiger partial charge in [-0.3, -0.25) is 26.4 Å². The smallest absolute Gasteiger partial charge is 0.223 e. The molecule has 0 fully saturated rings. The van der Waals surface area contributed by atoms with E-state index in [9.17, 15) is 0 Å². The Kier molecular flexibility index (Phi) is 14.2. The summed E-state index contributed by atoms with van der Waals surface area (Å²) in [6.45, 7) is 7.27. The number of aromatic nitrogens is 17. The zero-order valence-corrected chi connectivity index (χ0v) is 80.2. The van der Waals surface area contributed by atoms with E-state index in [-0.39, 0.29) is 0 Å². The van der Waals surface area contributed by atoms with Gasteiger partial charge in [0.05, 0.1) is 129 Å². The number of hydrogen-bond acceptors (Lipinski definition) is 6. The molecule has 14 heterocycles. The second-order valence-electron chi connectivity index (χ2n) is 41.7. The summed E-state index contributed by atoms with van der Waals surface area (Å²) in [4.78, 5) is 33.6. The second-order valence-corrected chi connectivity index (χ2v) is 46.8. The Morgan fingerprint density at radius 1 is 0.170 bits per heavy atom. The molecule has 0 aliphatic carbocycles. The third-order valence-corrected chi connectivity index (χ3v) is 34.8. The van der Waals surface area contributed by atoms with Crippen LogP contribution in [-0.2, 0) is 0 Å². The lowest BCUT2D eigenvalue weighted by molar-refractivity contribution is 1.15. The first-order valence-electron chi connectivity index (χ1n) is 50.3. The quantitative estimate of drug-likeness (QED) is 0.139. The molecular formula is C129H75N17Si. The number of para-hydroxylation sites is 4. The van der Waals surface area contributed by atoms with Crippen LogP contribution in [0.3, 0.4) is 0 Å². The number of rotatable bonds is 8. The minimum Gasteiger partial charge on any atom is -0.309 e. The SMILES string of the molecule is C[Si](C)(C)c1ccc(-c2cc3c4c(c2)n2c5cc6cc(-c7ccc8cc9nc%10n(c9cc8c7)c7cc(-c8cccc9c8c8ccccc8n9-c8ccccc8)cc8c7n%10c7nc9cc%10ccccc%10cc9n87)ccc6cc5nc2n4c2nc4cc5ccc(-c6ccc7cc8nc9n(c8cc7c6)c6cc(-c7ccc8c(c7)c7ccccc7n8-c7ccccc7)cc7c6n9c6nc8cc9ccccc9cc8n76)cc5cc4n32)cc1. The molecule has 680 valence electrons. The van der Waals surface area contributed by atoms with Crippen LogP contribution in [0.4, 0.5) is 0 Å². The monoisotopic (exact) mass is 1890 g/mol. The maximum atomic E-state index is 5.67. The molecule has 22 aromatic carbocycles. The number of hydrogen-bond donors (Lipinski definition) is 0. The summed E-state index contributed by atoms with van der Waals surface area (Å²) in [5.41, 5.74) is 39.7. The Hall–Kier alpha value is -19.6. The van der Waals surface area contributed by atoms with Crippen molar-refractivity contribution >= 4 is 272 Å². The van der Waals surface area contributed by atoms with Crippen molar-refractivity contribution in [2.24, 2.45) is 0 Å². The van der Waals surface area contributed by atoms with Crippen LogP contribution in [0.25, 0.3) is 326 Å². The third kappa shape index (κ3) is 10.1. The summed E-state index contributed by atoms with van der Waals surface area (Å²) in [6, 6.07) is 149. The lowest BCUT2D eigenvalue weighted by Gasteiger charge is -2.16. The van der Waals surface area contributed by atoms with Gasteiger partial charge in [-0.15, -0.1) is 0 Å². The van der Waals surface area contributed by atoms with E-state index < -0.39 is 8.07 Å². The van der Waals surface area contributed by atoms with Crippen molar-refractivity contribution < 1.29 is 0 Å². The highest BCUT2D eigenvalue weighted by Gasteiger charge is 2.33. The number of imidazole rings is 12. The highest BCUT2D eigenvalue weighted by Crippen LogP contribution is 2.49. The highest BCUT2D eigenvalue weighted by molar-refractivity contribution is 6.88. The van der Waals surface area contributed by atoms with Crippen molar-refractivity contribution in [3.8, 4) is 67.0 Å². The van der Waals surface area contributed by atoms with Crippen molar-refractivity contribution in [1.29, 1.82) is 0 Å². The van der Waals surface area contributed by atoms with Gasteiger partial charge in [0.25, 0.3) is 0 Å². The molecule has 14 aromatic heterocycles. The lowest BCUT2D eigenvalue weighted by Crippen LogP contribution is -2.37. The Labute approximate surface area is 831 Å². The Balaban J connectivity index is 0.489. The summed E-state index contributed by atoms with van der Waals surface area (Å²) in [5, 5.41) is 19.9. The zero-order valence-electron chi connectivity index (χ0n) is 79.2. The molecule has 147 heavy (non-hydrogen) atoms. The Bertz CT molecular complexity index is 12400. The zero-order chi connectivity index (χ0) is 95.4. The molecule has 0 amide bonds. The molecule has 0 atom stereocenters. The van der Waals surface area contributed by atoms with Crippen LogP contribution in [0.5, 0.6) is 0 Å². The van der Waals surface area contributed by atoms with E-state index in [0.29, 0.717) is 0 Å². The van der Waals surface area contributed by atoms with E-state index in [1.165, 1.54) is 48.5 Å². The van der Waals surface area contributed by atoms with E-state index in [0.717, 1.165) is 282 Å². The van der Waals surface area contributed by atoms with Gasteiger partial charge in [-0.1, -0.05) is 237 Å². The first kappa shape index (κ1) is 77.2. The number of fused-ring (bicyclic) bond motifs is 42. The summed E-state index contributed by atoms with van der Waals surface area (Å²) in [5.74, 6) is 4.95. The molecule has 0 saturated heterocycles. The van der Waals surface area contributed by atoms with Gasteiger partial charge in [0.1, 0.15) is 16.6 Å². The molecule has 18 heteroatoms. The molecule has 0 radical (unpaired) electrons. The minimum atomic E-state index is -1.63. The summed E-state index contributed by atoms with van der Waals surface area (Å²) < 4.78 is 26.0. The van der Waals surface area contributed by atoms with Crippen molar-refractivity contribution in [2.75, 3.05) is 0 Å². The van der Waals surface area contributed by atoms with Gasteiger partial charge in [0.2, 0.25) is 34.7 Å². The molecule has 36 rings (SSSR count). The average molecular weight is 1890 g/mol. The predicted molar refractivity (Wildman–Crippen MR) is 607 cm³/mol. The lowest BCUT2D eigenvalue weighted by atomic mass is 9.98. The molecule has 0 aliphatic rings. The largest absolute Gasteiger partial charge is 0.309 e. The van der Waals surface area contributed by atoms with Crippen molar-refractivity contribution in [2.45, 2.75) is 19.6 Å². The Morgan fingerprint density at radius 2 is 0.456 bits per heavy atom. The van der Waals surface area contributed by atoms with Crippen LogP contribution in [0, 0.1) is 0 Å². The van der Waals surface area contributed by atoms with Crippen LogP contribution in [-0.4, -0.2) is 86.7 Å². The molecule has 0 aliphatic heterocycles. The first-order valence-corrected chi connectivity index (χ1v) is 53.8. The molecule has 36 aromatic rings. The maximum Gasteiger partial charge on any atom is 0.223 e. The summed E-state index contributed by atoms with van der Waals surface area (Å²) in [7, 11) is -1.63. The van der Waals surface area contributed by atoms with E-state index in [4.69, 9.17) is 29.9 Å². The van der Waals surface area contributed by atoms with Crippen molar-refractivity contribution in [1.82, 2.24) is 78.6 Å². The highest BCUT2D eigenvalue weighted by atomic mass is 28.3. The van der Waals surface area contributed by atoms with Gasteiger partial charge in [-0.25, -0.2) is 43.1 Å². The van der Waals surface area contributed by atoms with Crippen LogP contribution in [0.1, 0.15) is 0 Å². The van der Waals surface area contributed by atoms with Gasteiger partial charge >= 0.3 is 0 Å². The topological polar surface area (TPSA) is 127 Å². The Morgan fingerprint density at radius 3 is 0.844 bits per heavy atom. The number of nitrogens with zero attached hydrogens (tertiary/aromatic N) is 17. The normalized spacial score (nSPS) is 13.0. The maximum absolute atomic E-state index is 5.67. The van der Waals surface area contributed by atoms with Gasteiger partial charge in [0, 0.05) is 32.9 Å². The minimum absolute atomic E-state index is 0.818. The first-order chi connectivity index (χ1) is 72.4. The molecule has 0 bridgehead atoms. The van der Waals surface area contributed by atoms with E-state index >= 15 is 0 Å². The predicted octanol–water partition coefficient (Wildman–Crippen LogP) is 31.0. The van der Waals surface area contributed by atoms with E-state index in [2.05, 4.69) is 469 Å². The van der Waals surface area contributed by atoms with Gasteiger partial charge in [-0.2, -0.15) is 0 Å². The van der Waals surface area contributed by atoms with Crippen LogP contribution in [0.2, 0.25) is 19.6 Å². The fourth-order valence-corrected chi connectivity index (χ4v) is 27.1. The van der Waals surface area contributed by atoms with Gasteiger partial charge in [0.15, 0.2) is 0 Å². The van der Waals surface area contributed by atoms with Crippen molar-refractivity contribution in [3.05, 3.63) is 400 Å². The van der Waals surface area contributed by atoms with E-state index in [1.807, 2.05) is 0 Å². The van der Waals surface area contributed by atoms with Gasteiger partial charge < -0.3 is 9.13 Å². The van der Waals surface area contributed by atoms with Crippen LogP contribution < -0.4 is 5.19 Å². The van der Waals surface area contributed by atoms with Gasteiger partial charge in [-0.05, 0) is 308 Å². The molecule has 0 N–H and O–H groups in total. The molecule has 0 saturated carbocycles. The molecule has 17 nitrogen and oxygen atoms in total. The standard InChI is InChI=1S/C129H75N17Si/c1-147(2,3)93-44-41-70(42-45-93)88-64-114-121-115(65-88)141-111-61-85-48-76(78-36-40-83-57-103-113(63-87(83)50-78)143-119-69-90(94-29-18-32-107-120(94)96-28-15-17-31-105(96)137(107)92-25-8-5-9-26-92)68-118-123(119)146(129(143)135-103)125-131-99-53-72-20-11-13-22-74(72)59-109(99)139(118)125)34-38-81(85)55-101(111)133-127(141)144(121)126-132-100-54-80-37-33-75(47-84(80)60-110(100)140(114)126)77-35-39-82-56-102-112(62-86(82)49-77)142-117-67-89(79-43-46-106-97(51-79)95-27-14-16-30-104(95)136(106)91-23-6-4-7-24-91)66-116-122(117)145(128(142)134-102)124-130-98-52-71-19-10-12-21-73(71)58-108(98)138(116)124/h4-69H,1-3H3. The van der Waals surface area contributed by atoms with E-state index in [1.54, 1.807) is 0 Å². The fourth-order valence-electron chi connectivity index (χ4n) is 25.9. The van der Waals surface area contributed by atoms with Crippen LogP contribution in [0.15, 0.2) is 400 Å². The number of benzene rings is 22. The molecule has 0 unspecified atom stereocenters. The fraction of sp³-hybridized carbons (Fsp3) is 0.0233. The summed E-state index contributed by atoms with van der Waals surface area (Å²) in [6.07, 6.45) is 0. The molecular weight excluding hydrogens is 1820 g/mol. The third-order valence-electron chi connectivity index (χ3n) is 32.7. The summed E-state index contributed by atoms with van der Waals surface area (Å²) >= 11 is 0. The molecule has 0 spiro atoms. The average Bonchev–Trinajstić information content (AvgIpc) is 1.51. The second kappa shape index (κ2) is 27.0. The van der Waals surface area contributed by atoms with Crippen LogP contribution >= 0.6 is 0 Å². The van der Waals surface area contributed by atoms with Crippen molar-refractivity contribution in [3.63, 3.8) is 0 Å².